The van der Waals surface area contributed by atoms with Crippen molar-refractivity contribution < 1.29 is 23.4 Å². The fourth-order valence-electron chi connectivity index (χ4n) is 2.19. The van der Waals surface area contributed by atoms with E-state index in [1.165, 1.54) is 0 Å². The number of benzene rings is 2. The van der Waals surface area contributed by atoms with Gasteiger partial charge < -0.3 is 18.6 Å². The van der Waals surface area contributed by atoms with E-state index in [0.29, 0.717) is 30.4 Å². The van der Waals surface area contributed by atoms with Gasteiger partial charge in [0.1, 0.15) is 30.3 Å². The van der Waals surface area contributed by atoms with Crippen LogP contribution in [0.1, 0.15) is 22.1 Å². The van der Waals surface area contributed by atoms with E-state index in [0.717, 1.165) is 5.75 Å². The van der Waals surface area contributed by atoms with E-state index in [1.54, 1.807) is 31.2 Å². The van der Waals surface area contributed by atoms with Crippen LogP contribution in [0.4, 0.5) is 0 Å². The van der Waals surface area contributed by atoms with Gasteiger partial charge in [-0.2, -0.15) is 0 Å². The fraction of sp³-hybridized carbons (Fsp3) is 0.211. The standard InChI is InChI=1S/C19H18N2O5/c1-14-20-21-18(26-14)13-25-19(22)16-9-5-6-10-17(16)24-12-11-23-15-7-3-2-4-8-15/h2-10H,11-13H2,1H3. The summed E-state index contributed by atoms with van der Waals surface area (Å²) in [6.45, 7) is 2.22. The van der Waals surface area contributed by atoms with Gasteiger partial charge in [0.05, 0.1) is 0 Å². The first-order valence-corrected chi connectivity index (χ1v) is 8.08. The zero-order valence-corrected chi connectivity index (χ0v) is 14.3. The van der Waals surface area contributed by atoms with Gasteiger partial charge in [-0.3, -0.25) is 0 Å². The van der Waals surface area contributed by atoms with Crippen molar-refractivity contribution >= 4 is 5.97 Å². The van der Waals surface area contributed by atoms with Crippen LogP contribution in [-0.2, 0) is 11.3 Å². The maximum absolute atomic E-state index is 12.3. The predicted molar refractivity (Wildman–Crippen MR) is 92.0 cm³/mol. The SMILES string of the molecule is Cc1nnc(COC(=O)c2ccccc2OCCOc2ccccc2)o1. The second-order valence-corrected chi connectivity index (χ2v) is 5.30. The van der Waals surface area contributed by atoms with Crippen LogP contribution in [0.5, 0.6) is 11.5 Å². The quantitative estimate of drug-likeness (QED) is 0.454. The third kappa shape index (κ3) is 4.83. The number of rotatable bonds is 8. The van der Waals surface area contributed by atoms with E-state index >= 15 is 0 Å². The molecule has 7 heteroatoms. The topological polar surface area (TPSA) is 83.7 Å². The normalized spacial score (nSPS) is 10.3. The number of esters is 1. The predicted octanol–water partition coefficient (Wildman–Crippen LogP) is 3.19. The third-order valence-corrected chi connectivity index (χ3v) is 3.35. The molecule has 0 N–H and O–H groups in total. The molecule has 0 fully saturated rings. The minimum absolute atomic E-state index is 0.0921. The summed E-state index contributed by atoms with van der Waals surface area (Å²) in [4.78, 5) is 12.3. The molecule has 134 valence electrons. The van der Waals surface area contributed by atoms with Crippen molar-refractivity contribution in [2.45, 2.75) is 13.5 Å². The van der Waals surface area contributed by atoms with E-state index in [-0.39, 0.29) is 12.5 Å². The van der Waals surface area contributed by atoms with Gasteiger partial charge in [-0.1, -0.05) is 30.3 Å². The van der Waals surface area contributed by atoms with Crippen molar-refractivity contribution in [2.75, 3.05) is 13.2 Å². The molecule has 1 aromatic heterocycles. The summed E-state index contributed by atoms with van der Waals surface area (Å²) in [7, 11) is 0. The van der Waals surface area contributed by atoms with Crippen molar-refractivity contribution in [1.29, 1.82) is 0 Å². The molecule has 1 heterocycles. The number of hydrogen-bond donors (Lipinski definition) is 0. The molecule has 0 bridgehead atoms. The van der Waals surface area contributed by atoms with Crippen LogP contribution in [0.25, 0.3) is 0 Å². The first kappa shape index (κ1) is 17.5. The van der Waals surface area contributed by atoms with Crippen LogP contribution in [0.2, 0.25) is 0 Å². The van der Waals surface area contributed by atoms with Gasteiger partial charge in [0.25, 0.3) is 5.89 Å². The van der Waals surface area contributed by atoms with Gasteiger partial charge >= 0.3 is 5.97 Å². The summed E-state index contributed by atoms with van der Waals surface area (Å²) < 4.78 is 21.6. The Morgan fingerprint density at radius 3 is 2.46 bits per heavy atom. The molecule has 0 saturated carbocycles. The molecule has 0 radical (unpaired) electrons. The molecular formula is C19H18N2O5. The van der Waals surface area contributed by atoms with Crippen LogP contribution in [0, 0.1) is 6.92 Å². The summed E-state index contributed by atoms with van der Waals surface area (Å²) in [5.41, 5.74) is 0.323. The molecule has 0 aliphatic rings. The van der Waals surface area contributed by atoms with E-state index in [9.17, 15) is 4.79 Å². The van der Waals surface area contributed by atoms with E-state index in [4.69, 9.17) is 18.6 Å². The van der Waals surface area contributed by atoms with Crippen molar-refractivity contribution in [3.8, 4) is 11.5 Å². The zero-order chi connectivity index (χ0) is 18.2. The Bertz CT molecular complexity index is 848. The molecule has 0 unspecified atom stereocenters. The van der Waals surface area contributed by atoms with Crippen molar-refractivity contribution in [3.05, 3.63) is 71.9 Å². The van der Waals surface area contributed by atoms with Crippen LogP contribution < -0.4 is 9.47 Å². The van der Waals surface area contributed by atoms with Crippen molar-refractivity contribution in [2.24, 2.45) is 0 Å². The van der Waals surface area contributed by atoms with Crippen LogP contribution in [-0.4, -0.2) is 29.4 Å². The minimum atomic E-state index is -0.527. The highest BCUT2D eigenvalue weighted by molar-refractivity contribution is 5.92. The molecule has 3 aromatic rings. The molecule has 0 aliphatic heterocycles. The highest BCUT2D eigenvalue weighted by Crippen LogP contribution is 2.19. The highest BCUT2D eigenvalue weighted by Gasteiger charge is 2.15. The molecule has 0 aliphatic carbocycles. The number of aryl methyl sites for hydroxylation is 1. The molecular weight excluding hydrogens is 336 g/mol. The summed E-state index contributed by atoms with van der Waals surface area (Å²) in [5.74, 6) is 1.32. The Hall–Kier alpha value is -3.35. The molecule has 7 nitrogen and oxygen atoms in total. The second kappa shape index (κ2) is 8.66. The number of carbonyl (C=O) groups is 1. The summed E-state index contributed by atoms with van der Waals surface area (Å²) in [6, 6.07) is 16.3. The zero-order valence-electron chi connectivity index (χ0n) is 14.3. The summed E-state index contributed by atoms with van der Waals surface area (Å²) in [6.07, 6.45) is 0. The van der Waals surface area contributed by atoms with Gasteiger partial charge in [0.2, 0.25) is 5.89 Å². The van der Waals surface area contributed by atoms with E-state index in [2.05, 4.69) is 10.2 Å². The molecule has 2 aromatic carbocycles. The number of hydrogen-bond acceptors (Lipinski definition) is 7. The number of ether oxygens (including phenoxy) is 3. The van der Waals surface area contributed by atoms with Gasteiger partial charge in [-0.15, -0.1) is 10.2 Å². The molecule has 0 spiro atoms. The molecule has 0 amide bonds. The maximum atomic E-state index is 12.3. The highest BCUT2D eigenvalue weighted by atomic mass is 16.5. The minimum Gasteiger partial charge on any atom is -0.490 e. The fourth-order valence-corrected chi connectivity index (χ4v) is 2.19. The second-order valence-electron chi connectivity index (χ2n) is 5.30. The summed E-state index contributed by atoms with van der Waals surface area (Å²) >= 11 is 0. The average molecular weight is 354 g/mol. The number of nitrogens with zero attached hydrogens (tertiary/aromatic N) is 2. The molecule has 0 saturated heterocycles. The van der Waals surface area contributed by atoms with Gasteiger partial charge in [-0.25, -0.2) is 4.79 Å². The number of aromatic nitrogens is 2. The Balaban J connectivity index is 1.52. The Kier molecular flexibility index (Phi) is 5.82. The lowest BCUT2D eigenvalue weighted by atomic mass is 10.2. The maximum Gasteiger partial charge on any atom is 0.342 e. The first-order valence-electron chi connectivity index (χ1n) is 8.08. The van der Waals surface area contributed by atoms with E-state index < -0.39 is 5.97 Å². The Labute approximate surface area is 150 Å². The first-order chi connectivity index (χ1) is 12.7. The average Bonchev–Trinajstić information content (AvgIpc) is 3.10. The van der Waals surface area contributed by atoms with Crippen LogP contribution >= 0.6 is 0 Å². The summed E-state index contributed by atoms with van der Waals surface area (Å²) in [5, 5.41) is 7.46. The lowest BCUT2D eigenvalue weighted by Crippen LogP contribution is -2.12. The lowest BCUT2D eigenvalue weighted by molar-refractivity contribution is 0.0431. The third-order valence-electron chi connectivity index (χ3n) is 3.35. The van der Waals surface area contributed by atoms with Crippen molar-refractivity contribution in [1.82, 2.24) is 10.2 Å². The Morgan fingerprint density at radius 2 is 1.69 bits per heavy atom. The monoisotopic (exact) mass is 354 g/mol. The molecule has 0 atom stereocenters. The van der Waals surface area contributed by atoms with Gasteiger partial charge in [0, 0.05) is 6.92 Å². The Morgan fingerprint density at radius 1 is 0.962 bits per heavy atom. The van der Waals surface area contributed by atoms with Crippen LogP contribution in [0.3, 0.4) is 0 Å². The smallest absolute Gasteiger partial charge is 0.342 e. The lowest BCUT2D eigenvalue weighted by Gasteiger charge is -2.11. The van der Waals surface area contributed by atoms with E-state index in [1.807, 2.05) is 30.3 Å². The largest absolute Gasteiger partial charge is 0.490 e. The van der Waals surface area contributed by atoms with Gasteiger partial charge in [-0.05, 0) is 24.3 Å². The molecule has 3 rings (SSSR count). The molecule has 26 heavy (non-hydrogen) atoms. The van der Waals surface area contributed by atoms with Gasteiger partial charge in [0.15, 0.2) is 6.61 Å². The number of carbonyl (C=O) groups excluding carboxylic acids is 1. The number of para-hydroxylation sites is 2. The van der Waals surface area contributed by atoms with Crippen molar-refractivity contribution in [3.63, 3.8) is 0 Å². The van der Waals surface area contributed by atoms with Crippen LogP contribution in [0.15, 0.2) is 59.0 Å².